The fourth-order valence-electron chi connectivity index (χ4n) is 2.08. The third kappa shape index (κ3) is 2.74. The van der Waals surface area contributed by atoms with Crippen molar-refractivity contribution in [2.45, 2.75) is 6.92 Å². The van der Waals surface area contributed by atoms with Crippen LogP contribution in [-0.4, -0.2) is 35.1 Å². The van der Waals surface area contributed by atoms with Crippen LogP contribution in [0.2, 0.25) is 0 Å². The van der Waals surface area contributed by atoms with E-state index in [0.29, 0.717) is 0 Å². The molecule has 0 aliphatic heterocycles. The Morgan fingerprint density at radius 3 is 2.79 bits per heavy atom. The molecule has 0 aromatic carbocycles. The highest BCUT2D eigenvalue weighted by molar-refractivity contribution is 5.87. The third-order valence-corrected chi connectivity index (χ3v) is 3.14. The maximum atomic E-state index is 11.8. The van der Waals surface area contributed by atoms with E-state index in [-0.39, 0.29) is 5.56 Å². The van der Waals surface area contributed by atoms with Gasteiger partial charge in [-0.1, -0.05) is 12.2 Å². The minimum atomic E-state index is 0.000333. The monoisotopic (exact) mass is 257 g/mol. The molecule has 0 aliphatic carbocycles. The van der Waals surface area contributed by atoms with Gasteiger partial charge in [-0.05, 0) is 27.1 Å². The minimum absolute atomic E-state index is 0.000333. The summed E-state index contributed by atoms with van der Waals surface area (Å²) < 4.78 is 1.68. The van der Waals surface area contributed by atoms with E-state index in [0.717, 1.165) is 28.7 Å². The smallest absolute Gasteiger partial charge is 0.250 e. The maximum absolute atomic E-state index is 11.8. The van der Waals surface area contributed by atoms with Gasteiger partial charge >= 0.3 is 0 Å². The fourth-order valence-corrected chi connectivity index (χ4v) is 2.08. The summed E-state index contributed by atoms with van der Waals surface area (Å²) in [7, 11) is 5.84. The molecule has 0 aliphatic rings. The number of aromatic nitrogens is 2. The number of hydrogen-bond acceptors (Lipinski definition) is 3. The molecule has 0 amide bonds. The van der Waals surface area contributed by atoms with E-state index < -0.39 is 0 Å². The van der Waals surface area contributed by atoms with Crippen LogP contribution in [-0.2, 0) is 7.05 Å². The number of nitrogens with zero attached hydrogens (tertiary/aromatic N) is 3. The van der Waals surface area contributed by atoms with Gasteiger partial charge in [0.25, 0.3) is 5.56 Å². The lowest BCUT2D eigenvalue weighted by Crippen LogP contribution is -2.16. The molecule has 19 heavy (non-hydrogen) atoms. The second-order valence-corrected chi connectivity index (χ2v) is 4.96. The molecule has 0 radical (unpaired) electrons. The number of pyridine rings is 2. The Balaban J connectivity index is 2.64. The highest BCUT2D eigenvalue weighted by Gasteiger charge is 2.07. The molecule has 2 heterocycles. The van der Waals surface area contributed by atoms with Crippen molar-refractivity contribution >= 4 is 17.0 Å². The van der Waals surface area contributed by atoms with Crippen molar-refractivity contribution < 1.29 is 0 Å². The Bertz CT molecular complexity index is 684. The zero-order valence-electron chi connectivity index (χ0n) is 11.8. The molecule has 0 fully saturated rings. The van der Waals surface area contributed by atoms with Crippen LogP contribution in [0.1, 0.15) is 11.3 Å². The zero-order chi connectivity index (χ0) is 14.0. The van der Waals surface area contributed by atoms with Gasteiger partial charge in [-0.3, -0.25) is 9.78 Å². The fraction of sp³-hybridized carbons (Fsp3) is 0.333. The molecule has 2 aromatic rings. The second-order valence-electron chi connectivity index (χ2n) is 4.96. The molecular formula is C15H19N3O. The molecular weight excluding hydrogens is 238 g/mol. The molecule has 0 saturated carbocycles. The molecule has 0 bridgehead atoms. The van der Waals surface area contributed by atoms with Crippen LogP contribution in [0.4, 0.5) is 0 Å². The van der Waals surface area contributed by atoms with Crippen molar-refractivity contribution in [3.8, 4) is 0 Å². The molecule has 2 aromatic heterocycles. The lowest BCUT2D eigenvalue weighted by Gasteiger charge is -2.10. The van der Waals surface area contributed by atoms with Crippen molar-refractivity contribution in [2.24, 2.45) is 7.05 Å². The first kappa shape index (κ1) is 13.5. The summed E-state index contributed by atoms with van der Waals surface area (Å²) in [5.41, 5.74) is 2.89. The number of fused-ring (bicyclic) bond motifs is 1. The molecule has 0 saturated heterocycles. The summed E-state index contributed by atoms with van der Waals surface area (Å²) in [6.45, 7) is 2.82. The Hall–Kier alpha value is -1.94. The highest BCUT2D eigenvalue weighted by atomic mass is 16.1. The molecule has 0 unspecified atom stereocenters. The van der Waals surface area contributed by atoms with Gasteiger partial charge < -0.3 is 9.47 Å². The van der Waals surface area contributed by atoms with E-state index in [9.17, 15) is 4.79 Å². The summed E-state index contributed by atoms with van der Waals surface area (Å²) in [6.07, 6.45) is 5.94. The Morgan fingerprint density at radius 1 is 1.37 bits per heavy atom. The molecule has 0 N–H and O–H groups in total. The Morgan fingerprint density at radius 2 is 2.11 bits per heavy atom. The van der Waals surface area contributed by atoms with Crippen LogP contribution in [0, 0.1) is 6.92 Å². The summed E-state index contributed by atoms with van der Waals surface area (Å²) in [4.78, 5) is 18.3. The van der Waals surface area contributed by atoms with E-state index in [2.05, 4.69) is 16.0 Å². The van der Waals surface area contributed by atoms with Crippen molar-refractivity contribution in [1.82, 2.24) is 14.5 Å². The van der Waals surface area contributed by atoms with Crippen LogP contribution < -0.4 is 5.56 Å². The summed E-state index contributed by atoms with van der Waals surface area (Å²) >= 11 is 0. The van der Waals surface area contributed by atoms with Crippen LogP contribution >= 0.6 is 0 Å². The van der Waals surface area contributed by atoms with E-state index in [1.165, 1.54) is 0 Å². The van der Waals surface area contributed by atoms with E-state index in [1.807, 2.05) is 39.4 Å². The summed E-state index contributed by atoms with van der Waals surface area (Å²) in [5.74, 6) is 0. The number of likely N-dealkylation sites (N-methyl/N-ethyl adjacent to an activating group) is 1. The van der Waals surface area contributed by atoms with Crippen LogP contribution in [0.25, 0.3) is 17.0 Å². The van der Waals surface area contributed by atoms with Crippen molar-refractivity contribution in [1.29, 1.82) is 0 Å². The lowest BCUT2D eigenvalue weighted by atomic mass is 10.1. The normalized spacial score (nSPS) is 11.8. The van der Waals surface area contributed by atoms with Crippen molar-refractivity contribution in [3.63, 3.8) is 0 Å². The number of rotatable bonds is 3. The first-order valence-corrected chi connectivity index (χ1v) is 6.27. The van der Waals surface area contributed by atoms with Crippen molar-refractivity contribution in [3.05, 3.63) is 46.0 Å². The predicted octanol–water partition coefficient (Wildman–Crippen LogP) is 1.82. The van der Waals surface area contributed by atoms with Crippen LogP contribution in [0.5, 0.6) is 0 Å². The van der Waals surface area contributed by atoms with Crippen LogP contribution in [0.15, 0.2) is 29.2 Å². The Labute approximate surface area is 113 Å². The van der Waals surface area contributed by atoms with E-state index in [1.54, 1.807) is 17.7 Å². The number of hydrogen-bond donors (Lipinski definition) is 0. The topological polar surface area (TPSA) is 38.1 Å². The molecule has 4 heteroatoms. The van der Waals surface area contributed by atoms with Gasteiger partial charge in [-0.2, -0.15) is 0 Å². The van der Waals surface area contributed by atoms with E-state index >= 15 is 0 Å². The van der Waals surface area contributed by atoms with Gasteiger partial charge in [0, 0.05) is 42.5 Å². The molecule has 0 atom stereocenters. The average Bonchev–Trinajstić information content (AvgIpc) is 2.36. The quantitative estimate of drug-likeness (QED) is 0.841. The molecule has 2 rings (SSSR count). The maximum Gasteiger partial charge on any atom is 0.250 e. The van der Waals surface area contributed by atoms with Gasteiger partial charge in [0.15, 0.2) is 0 Å². The third-order valence-electron chi connectivity index (χ3n) is 3.14. The lowest BCUT2D eigenvalue weighted by molar-refractivity contribution is 0.457. The second kappa shape index (κ2) is 5.36. The largest absolute Gasteiger partial charge is 0.311 e. The van der Waals surface area contributed by atoms with Gasteiger partial charge in [-0.15, -0.1) is 0 Å². The van der Waals surface area contributed by atoms with Crippen molar-refractivity contribution in [2.75, 3.05) is 20.6 Å². The number of aryl methyl sites for hydroxylation is 2. The van der Waals surface area contributed by atoms with Gasteiger partial charge in [0.2, 0.25) is 0 Å². The molecule has 4 nitrogen and oxygen atoms in total. The SMILES string of the molecule is Cc1ncc2ccc(=O)n(C)c2c1C=CCN(C)C. The zero-order valence-corrected chi connectivity index (χ0v) is 11.8. The van der Waals surface area contributed by atoms with E-state index in [4.69, 9.17) is 0 Å². The van der Waals surface area contributed by atoms with Crippen LogP contribution in [0.3, 0.4) is 0 Å². The van der Waals surface area contributed by atoms with Gasteiger partial charge in [0.1, 0.15) is 0 Å². The molecule has 100 valence electrons. The predicted molar refractivity (Wildman–Crippen MR) is 79.3 cm³/mol. The summed E-state index contributed by atoms with van der Waals surface area (Å²) in [5, 5.41) is 0.984. The average molecular weight is 257 g/mol. The van der Waals surface area contributed by atoms with Gasteiger partial charge in [-0.25, -0.2) is 0 Å². The highest BCUT2D eigenvalue weighted by Crippen LogP contribution is 2.19. The first-order chi connectivity index (χ1) is 9.00. The van der Waals surface area contributed by atoms with Gasteiger partial charge in [0.05, 0.1) is 5.52 Å². The standard InChI is InChI=1S/C15H19N3O/c1-11-13(6-5-9-17(2)3)15-12(10-16-11)7-8-14(19)18(15)4/h5-8,10H,9H2,1-4H3. The Kier molecular flexibility index (Phi) is 3.81. The first-order valence-electron chi connectivity index (χ1n) is 6.27. The minimum Gasteiger partial charge on any atom is -0.311 e. The molecule has 0 spiro atoms. The summed E-state index contributed by atoms with van der Waals surface area (Å²) in [6, 6.07) is 3.40.